The van der Waals surface area contributed by atoms with Gasteiger partial charge in [-0.05, 0) is 18.9 Å². The maximum atomic E-state index is 6.19. The zero-order valence-electron chi connectivity index (χ0n) is 10.1. The highest BCUT2D eigenvalue weighted by Crippen LogP contribution is 2.37. The van der Waals surface area contributed by atoms with Gasteiger partial charge in [0.15, 0.2) is 0 Å². The summed E-state index contributed by atoms with van der Waals surface area (Å²) >= 11 is 7.89. The van der Waals surface area contributed by atoms with Crippen LogP contribution in [0.5, 0.6) is 0 Å². The minimum Gasteiger partial charge on any atom is -0.143 e. The molecule has 18 heavy (non-hydrogen) atoms. The maximum Gasteiger partial charge on any atom is 0.149 e. The standard InChI is InChI=1S/C14H15ClN2S/c15-12-9-5-4-8-11(12)14-17-16-13(18-14)10-6-2-1-3-7-10/h4-5,8-10H,1-3,6-7H2. The molecule has 1 aliphatic carbocycles. The molecule has 1 saturated carbocycles. The summed E-state index contributed by atoms with van der Waals surface area (Å²) in [6, 6.07) is 7.84. The second-order valence-corrected chi connectivity index (χ2v) is 6.18. The van der Waals surface area contributed by atoms with Gasteiger partial charge < -0.3 is 0 Å². The van der Waals surface area contributed by atoms with E-state index in [1.165, 1.54) is 37.1 Å². The quantitative estimate of drug-likeness (QED) is 0.780. The second kappa shape index (κ2) is 5.37. The van der Waals surface area contributed by atoms with Crippen LogP contribution in [0.4, 0.5) is 0 Å². The Morgan fingerprint density at radius 3 is 2.61 bits per heavy atom. The van der Waals surface area contributed by atoms with E-state index in [4.69, 9.17) is 11.6 Å². The fraction of sp³-hybridized carbons (Fsp3) is 0.429. The van der Waals surface area contributed by atoms with E-state index in [-0.39, 0.29) is 0 Å². The summed E-state index contributed by atoms with van der Waals surface area (Å²) in [6.45, 7) is 0. The summed E-state index contributed by atoms with van der Waals surface area (Å²) in [7, 11) is 0. The molecule has 0 amide bonds. The Hall–Kier alpha value is -0.930. The molecule has 1 aromatic carbocycles. The van der Waals surface area contributed by atoms with Crippen molar-refractivity contribution in [1.82, 2.24) is 10.2 Å². The van der Waals surface area contributed by atoms with Crippen molar-refractivity contribution in [2.45, 2.75) is 38.0 Å². The van der Waals surface area contributed by atoms with Crippen LogP contribution in [-0.2, 0) is 0 Å². The van der Waals surface area contributed by atoms with E-state index < -0.39 is 0 Å². The topological polar surface area (TPSA) is 25.8 Å². The summed E-state index contributed by atoms with van der Waals surface area (Å²) in [6.07, 6.45) is 6.54. The van der Waals surface area contributed by atoms with Gasteiger partial charge in [0.25, 0.3) is 0 Å². The Bertz CT molecular complexity index is 532. The third kappa shape index (κ3) is 2.43. The molecule has 0 atom stereocenters. The van der Waals surface area contributed by atoms with Crippen LogP contribution in [0.3, 0.4) is 0 Å². The first-order valence-electron chi connectivity index (χ1n) is 6.43. The Morgan fingerprint density at radius 2 is 1.83 bits per heavy atom. The molecule has 1 heterocycles. The highest BCUT2D eigenvalue weighted by molar-refractivity contribution is 7.14. The molecule has 0 bridgehead atoms. The fourth-order valence-electron chi connectivity index (χ4n) is 2.49. The van der Waals surface area contributed by atoms with Crippen LogP contribution >= 0.6 is 22.9 Å². The molecule has 0 saturated heterocycles. The van der Waals surface area contributed by atoms with Gasteiger partial charge in [0.2, 0.25) is 0 Å². The zero-order chi connectivity index (χ0) is 12.4. The molecular weight excluding hydrogens is 264 g/mol. The van der Waals surface area contributed by atoms with Crippen LogP contribution in [0, 0.1) is 0 Å². The van der Waals surface area contributed by atoms with Gasteiger partial charge in [-0.15, -0.1) is 10.2 Å². The van der Waals surface area contributed by atoms with Crippen molar-refractivity contribution in [3.8, 4) is 10.6 Å². The van der Waals surface area contributed by atoms with Gasteiger partial charge in [-0.1, -0.05) is 60.4 Å². The normalized spacial score (nSPS) is 16.9. The van der Waals surface area contributed by atoms with Crippen molar-refractivity contribution in [3.05, 3.63) is 34.3 Å². The van der Waals surface area contributed by atoms with Crippen LogP contribution in [-0.4, -0.2) is 10.2 Å². The molecule has 1 aliphatic rings. The van der Waals surface area contributed by atoms with Crippen LogP contribution < -0.4 is 0 Å². The first kappa shape index (κ1) is 12.1. The van der Waals surface area contributed by atoms with Gasteiger partial charge in [0, 0.05) is 11.5 Å². The fourth-order valence-corrected chi connectivity index (χ4v) is 3.83. The lowest BCUT2D eigenvalue weighted by Gasteiger charge is -2.18. The van der Waals surface area contributed by atoms with Crippen molar-refractivity contribution in [3.63, 3.8) is 0 Å². The molecule has 0 spiro atoms. The van der Waals surface area contributed by atoms with E-state index in [0.717, 1.165) is 15.6 Å². The number of hydrogen-bond acceptors (Lipinski definition) is 3. The van der Waals surface area contributed by atoms with Gasteiger partial charge in [0.05, 0.1) is 5.02 Å². The summed E-state index contributed by atoms with van der Waals surface area (Å²) in [4.78, 5) is 0. The zero-order valence-corrected chi connectivity index (χ0v) is 11.7. The maximum absolute atomic E-state index is 6.19. The van der Waals surface area contributed by atoms with Crippen LogP contribution in [0.1, 0.15) is 43.0 Å². The van der Waals surface area contributed by atoms with Gasteiger partial charge in [-0.3, -0.25) is 0 Å². The molecular formula is C14H15ClN2S. The van der Waals surface area contributed by atoms with E-state index in [9.17, 15) is 0 Å². The minimum atomic E-state index is 0.618. The Morgan fingerprint density at radius 1 is 1.06 bits per heavy atom. The first-order valence-corrected chi connectivity index (χ1v) is 7.62. The summed E-state index contributed by atoms with van der Waals surface area (Å²) in [5, 5.41) is 11.6. The van der Waals surface area contributed by atoms with E-state index in [2.05, 4.69) is 10.2 Å². The van der Waals surface area contributed by atoms with E-state index in [1.807, 2.05) is 24.3 Å². The molecule has 1 aromatic heterocycles. The monoisotopic (exact) mass is 278 g/mol. The molecule has 1 fully saturated rings. The van der Waals surface area contributed by atoms with Crippen LogP contribution in [0.25, 0.3) is 10.6 Å². The lowest BCUT2D eigenvalue weighted by atomic mass is 9.90. The Balaban J connectivity index is 1.87. The van der Waals surface area contributed by atoms with Crippen molar-refractivity contribution in [1.29, 1.82) is 0 Å². The second-order valence-electron chi connectivity index (χ2n) is 4.76. The van der Waals surface area contributed by atoms with Gasteiger partial charge in [-0.2, -0.15) is 0 Å². The molecule has 0 aliphatic heterocycles. The van der Waals surface area contributed by atoms with Crippen LogP contribution in [0.2, 0.25) is 5.02 Å². The van der Waals surface area contributed by atoms with Gasteiger partial charge >= 0.3 is 0 Å². The molecule has 2 nitrogen and oxygen atoms in total. The highest BCUT2D eigenvalue weighted by atomic mass is 35.5. The average molecular weight is 279 g/mol. The molecule has 3 rings (SSSR count). The SMILES string of the molecule is Clc1ccccc1-c1nnc(C2CCCCC2)s1. The number of nitrogens with zero attached hydrogens (tertiary/aromatic N) is 2. The lowest BCUT2D eigenvalue weighted by molar-refractivity contribution is 0.440. The van der Waals surface area contributed by atoms with Gasteiger partial charge in [0.1, 0.15) is 10.0 Å². The van der Waals surface area contributed by atoms with E-state index >= 15 is 0 Å². The largest absolute Gasteiger partial charge is 0.149 e. The molecule has 94 valence electrons. The first-order chi connectivity index (χ1) is 8.84. The van der Waals surface area contributed by atoms with Crippen molar-refractivity contribution < 1.29 is 0 Å². The Kier molecular flexibility index (Phi) is 3.62. The van der Waals surface area contributed by atoms with E-state index in [1.54, 1.807) is 11.3 Å². The molecule has 0 N–H and O–H groups in total. The molecule has 4 heteroatoms. The van der Waals surface area contributed by atoms with Crippen molar-refractivity contribution in [2.24, 2.45) is 0 Å². The van der Waals surface area contributed by atoms with Crippen LogP contribution in [0.15, 0.2) is 24.3 Å². The molecule has 0 radical (unpaired) electrons. The highest BCUT2D eigenvalue weighted by Gasteiger charge is 2.20. The van der Waals surface area contributed by atoms with Gasteiger partial charge in [-0.25, -0.2) is 0 Å². The number of halogens is 1. The Labute approximate surface area is 116 Å². The van der Waals surface area contributed by atoms with Crippen molar-refractivity contribution >= 4 is 22.9 Å². The third-order valence-corrected chi connectivity index (χ3v) is 4.95. The average Bonchev–Trinajstić information content (AvgIpc) is 2.90. The predicted molar refractivity (Wildman–Crippen MR) is 76.2 cm³/mol. The number of aromatic nitrogens is 2. The van der Waals surface area contributed by atoms with Crippen molar-refractivity contribution in [2.75, 3.05) is 0 Å². The number of rotatable bonds is 2. The summed E-state index contributed by atoms with van der Waals surface area (Å²) in [5.41, 5.74) is 0.999. The number of hydrogen-bond donors (Lipinski definition) is 0. The smallest absolute Gasteiger partial charge is 0.143 e. The minimum absolute atomic E-state index is 0.618. The lowest BCUT2D eigenvalue weighted by Crippen LogP contribution is -2.03. The molecule has 2 aromatic rings. The van der Waals surface area contributed by atoms with E-state index in [0.29, 0.717) is 5.92 Å². The predicted octanol–water partition coefficient (Wildman–Crippen LogP) is 4.91. The number of benzene rings is 1. The summed E-state index contributed by atoms with van der Waals surface area (Å²) in [5.74, 6) is 0.618. The molecule has 0 unspecified atom stereocenters. The summed E-state index contributed by atoms with van der Waals surface area (Å²) < 4.78 is 0. The third-order valence-electron chi connectivity index (χ3n) is 3.50.